The van der Waals surface area contributed by atoms with E-state index in [1.165, 1.54) is 5.56 Å². The molecule has 1 aromatic rings. The highest BCUT2D eigenvalue weighted by molar-refractivity contribution is 5.40. The minimum atomic E-state index is 0.461. The molecule has 0 aliphatic rings. The van der Waals surface area contributed by atoms with Gasteiger partial charge < -0.3 is 15.1 Å². The largest absolute Gasteiger partial charge is 0.353 e. The molecular weight excluding hydrogens is 260 g/mol. The van der Waals surface area contributed by atoms with Crippen molar-refractivity contribution < 1.29 is 0 Å². The first-order chi connectivity index (χ1) is 9.93. The lowest BCUT2D eigenvalue weighted by molar-refractivity contribution is 0.372. The molecule has 1 rings (SSSR count). The van der Waals surface area contributed by atoms with Gasteiger partial charge in [-0.15, -0.1) is 0 Å². The molecule has 0 amide bonds. The molecule has 1 heterocycles. The molecule has 4 nitrogen and oxygen atoms in total. The summed E-state index contributed by atoms with van der Waals surface area (Å²) in [6, 6.07) is 4.78. The molecule has 1 N–H and O–H groups in total. The smallest absolute Gasteiger partial charge is 0.128 e. The van der Waals surface area contributed by atoms with Gasteiger partial charge in [-0.25, -0.2) is 4.98 Å². The van der Waals surface area contributed by atoms with Crippen molar-refractivity contribution in [2.75, 3.05) is 38.6 Å². The monoisotopic (exact) mass is 292 g/mol. The number of hydrogen-bond donors (Lipinski definition) is 1. The number of nitrogens with one attached hydrogen (secondary N) is 1. The second-order valence-electron chi connectivity index (χ2n) is 6.45. The number of hydrogen-bond acceptors (Lipinski definition) is 4. The van der Waals surface area contributed by atoms with E-state index in [1.54, 1.807) is 0 Å². The molecule has 0 saturated heterocycles. The van der Waals surface area contributed by atoms with Crippen LogP contribution in [-0.4, -0.2) is 49.7 Å². The van der Waals surface area contributed by atoms with Crippen LogP contribution in [0.3, 0.4) is 0 Å². The SMILES string of the molecule is CCN(c1ccc(CNCC(C)C)cn1)C(C)CN(C)C. The van der Waals surface area contributed by atoms with Crippen LogP contribution in [0.4, 0.5) is 5.82 Å². The summed E-state index contributed by atoms with van der Waals surface area (Å²) in [4.78, 5) is 9.22. The Kier molecular flexibility index (Phi) is 7.68. The zero-order valence-corrected chi connectivity index (χ0v) is 14.6. The summed E-state index contributed by atoms with van der Waals surface area (Å²) in [5.74, 6) is 1.75. The fourth-order valence-corrected chi connectivity index (χ4v) is 2.52. The van der Waals surface area contributed by atoms with Gasteiger partial charge in [-0.05, 0) is 52.0 Å². The maximum absolute atomic E-state index is 4.64. The van der Waals surface area contributed by atoms with E-state index < -0.39 is 0 Å². The molecule has 0 aromatic carbocycles. The van der Waals surface area contributed by atoms with Crippen LogP contribution in [0.1, 0.15) is 33.3 Å². The number of rotatable bonds is 9. The second kappa shape index (κ2) is 9.00. The Morgan fingerprint density at radius 2 is 1.90 bits per heavy atom. The quantitative estimate of drug-likeness (QED) is 0.758. The normalized spacial score (nSPS) is 13.0. The maximum atomic E-state index is 4.64. The standard InChI is InChI=1S/C17H32N4/c1-7-21(15(4)13-20(5)6)17-9-8-16(12-19-17)11-18-10-14(2)3/h8-9,12,14-15,18H,7,10-11,13H2,1-6H3. The molecule has 1 atom stereocenters. The van der Waals surface area contributed by atoms with Gasteiger partial charge in [0.1, 0.15) is 5.82 Å². The third-order valence-corrected chi connectivity index (χ3v) is 3.49. The van der Waals surface area contributed by atoms with Crippen molar-refractivity contribution in [3.05, 3.63) is 23.9 Å². The van der Waals surface area contributed by atoms with Gasteiger partial charge in [0.2, 0.25) is 0 Å². The highest BCUT2D eigenvalue weighted by Gasteiger charge is 2.14. The predicted molar refractivity (Wildman–Crippen MR) is 91.8 cm³/mol. The molecule has 4 heteroatoms. The van der Waals surface area contributed by atoms with E-state index in [0.717, 1.165) is 32.0 Å². The molecule has 0 aliphatic heterocycles. The van der Waals surface area contributed by atoms with Gasteiger partial charge in [0.25, 0.3) is 0 Å². The van der Waals surface area contributed by atoms with E-state index in [4.69, 9.17) is 0 Å². The van der Waals surface area contributed by atoms with Gasteiger partial charge in [-0.3, -0.25) is 0 Å². The van der Waals surface area contributed by atoms with Crippen LogP contribution in [0.5, 0.6) is 0 Å². The zero-order valence-electron chi connectivity index (χ0n) is 14.6. The first kappa shape index (κ1) is 17.9. The van der Waals surface area contributed by atoms with Crippen LogP contribution in [0, 0.1) is 5.92 Å². The number of pyridine rings is 1. The molecule has 0 saturated carbocycles. The van der Waals surface area contributed by atoms with Gasteiger partial charge in [0.15, 0.2) is 0 Å². The maximum Gasteiger partial charge on any atom is 0.128 e. The lowest BCUT2D eigenvalue weighted by Gasteiger charge is -2.31. The molecule has 0 radical (unpaired) electrons. The van der Waals surface area contributed by atoms with Crippen molar-refractivity contribution in [3.63, 3.8) is 0 Å². The molecule has 120 valence electrons. The fraction of sp³-hybridized carbons (Fsp3) is 0.706. The van der Waals surface area contributed by atoms with Crippen LogP contribution < -0.4 is 10.2 Å². The minimum absolute atomic E-state index is 0.461. The van der Waals surface area contributed by atoms with Crippen LogP contribution in [0.25, 0.3) is 0 Å². The summed E-state index contributed by atoms with van der Waals surface area (Å²) >= 11 is 0. The Balaban J connectivity index is 2.62. The van der Waals surface area contributed by atoms with Gasteiger partial charge >= 0.3 is 0 Å². The van der Waals surface area contributed by atoms with Crippen molar-refractivity contribution in [2.24, 2.45) is 5.92 Å². The predicted octanol–water partition coefficient (Wildman–Crippen LogP) is 2.60. The third-order valence-electron chi connectivity index (χ3n) is 3.49. The zero-order chi connectivity index (χ0) is 15.8. The van der Waals surface area contributed by atoms with Gasteiger partial charge in [0.05, 0.1) is 0 Å². The van der Waals surface area contributed by atoms with E-state index in [-0.39, 0.29) is 0 Å². The van der Waals surface area contributed by atoms with E-state index in [1.807, 2.05) is 6.20 Å². The average molecular weight is 292 g/mol. The van der Waals surface area contributed by atoms with Crippen molar-refractivity contribution in [3.8, 4) is 0 Å². The van der Waals surface area contributed by atoms with Gasteiger partial charge in [-0.1, -0.05) is 19.9 Å². The van der Waals surface area contributed by atoms with Gasteiger partial charge in [-0.2, -0.15) is 0 Å². The second-order valence-corrected chi connectivity index (χ2v) is 6.45. The average Bonchev–Trinajstić information content (AvgIpc) is 2.40. The van der Waals surface area contributed by atoms with E-state index in [9.17, 15) is 0 Å². The number of likely N-dealkylation sites (N-methyl/N-ethyl adjacent to an activating group) is 2. The van der Waals surface area contributed by atoms with Crippen LogP contribution in [0.2, 0.25) is 0 Å². The summed E-state index contributed by atoms with van der Waals surface area (Å²) in [5, 5.41) is 3.45. The lowest BCUT2D eigenvalue weighted by atomic mass is 10.2. The molecule has 0 aliphatic carbocycles. The van der Waals surface area contributed by atoms with Gasteiger partial charge in [0, 0.05) is 31.9 Å². The minimum Gasteiger partial charge on any atom is -0.353 e. The molecule has 21 heavy (non-hydrogen) atoms. The molecule has 0 spiro atoms. The van der Waals surface area contributed by atoms with Crippen molar-refractivity contribution in [1.29, 1.82) is 0 Å². The summed E-state index contributed by atoms with van der Waals surface area (Å²) in [7, 11) is 4.22. The van der Waals surface area contributed by atoms with E-state index in [0.29, 0.717) is 12.0 Å². The Labute approximate surface area is 130 Å². The summed E-state index contributed by atoms with van der Waals surface area (Å²) in [6.45, 7) is 12.8. The lowest BCUT2D eigenvalue weighted by Crippen LogP contribution is -2.40. The Bertz CT molecular complexity index is 386. The Hall–Kier alpha value is -1.13. The van der Waals surface area contributed by atoms with E-state index >= 15 is 0 Å². The Morgan fingerprint density at radius 1 is 1.19 bits per heavy atom. The number of aromatic nitrogens is 1. The molecule has 1 unspecified atom stereocenters. The molecule has 1 aromatic heterocycles. The third kappa shape index (κ3) is 6.44. The highest BCUT2D eigenvalue weighted by atomic mass is 15.2. The number of nitrogens with zero attached hydrogens (tertiary/aromatic N) is 3. The highest BCUT2D eigenvalue weighted by Crippen LogP contribution is 2.14. The topological polar surface area (TPSA) is 31.4 Å². The number of anilines is 1. The molecule has 0 bridgehead atoms. The summed E-state index contributed by atoms with van der Waals surface area (Å²) in [5.41, 5.74) is 1.25. The van der Waals surface area contributed by atoms with Crippen LogP contribution >= 0.6 is 0 Å². The fourth-order valence-electron chi connectivity index (χ4n) is 2.52. The summed E-state index contributed by atoms with van der Waals surface area (Å²) < 4.78 is 0. The van der Waals surface area contributed by atoms with Crippen molar-refractivity contribution in [1.82, 2.24) is 15.2 Å². The Morgan fingerprint density at radius 3 is 2.38 bits per heavy atom. The molecular formula is C17H32N4. The van der Waals surface area contributed by atoms with Crippen molar-refractivity contribution >= 4 is 5.82 Å². The van der Waals surface area contributed by atoms with Crippen molar-refractivity contribution in [2.45, 2.75) is 40.3 Å². The first-order valence-corrected chi connectivity index (χ1v) is 8.01. The van der Waals surface area contributed by atoms with Crippen LogP contribution in [-0.2, 0) is 6.54 Å². The first-order valence-electron chi connectivity index (χ1n) is 8.01. The summed E-state index contributed by atoms with van der Waals surface area (Å²) in [6.07, 6.45) is 1.99. The van der Waals surface area contributed by atoms with E-state index in [2.05, 4.69) is 74.0 Å². The molecule has 0 fully saturated rings. The van der Waals surface area contributed by atoms with Crippen LogP contribution in [0.15, 0.2) is 18.3 Å².